The van der Waals surface area contributed by atoms with Crippen molar-refractivity contribution in [3.63, 3.8) is 0 Å². The fraction of sp³-hybridized carbons (Fsp3) is 0.529. The minimum atomic E-state index is -0.188. The van der Waals surface area contributed by atoms with E-state index in [0.29, 0.717) is 22.9 Å². The molecule has 1 aromatic rings. The van der Waals surface area contributed by atoms with E-state index in [1.54, 1.807) is 18.2 Å². The summed E-state index contributed by atoms with van der Waals surface area (Å²) in [4.78, 5) is 26.1. The van der Waals surface area contributed by atoms with Crippen molar-refractivity contribution < 1.29 is 14.3 Å². The van der Waals surface area contributed by atoms with Crippen LogP contribution in [-0.4, -0.2) is 50.0 Å². The molecule has 2 aliphatic rings. The number of hydrogen-bond acceptors (Lipinski definition) is 4. The standard InChI is InChI=1S/C17H23N3O3/c1-18-8-5-12-6-9-20(10-7-12)17(22)13-3-2-4-14-16(13)23-11-15(21)19-14/h2-4,12,18H,5-11H2,1H3,(H,19,21). The van der Waals surface area contributed by atoms with E-state index >= 15 is 0 Å². The average Bonchev–Trinajstić information content (AvgIpc) is 2.59. The third kappa shape index (κ3) is 3.47. The number of nitrogens with one attached hydrogen (secondary N) is 2. The SMILES string of the molecule is CNCCC1CCN(C(=O)c2cccc3c2OCC(=O)N3)CC1. The number of hydrogen-bond donors (Lipinski definition) is 2. The van der Waals surface area contributed by atoms with Gasteiger partial charge >= 0.3 is 0 Å². The maximum absolute atomic E-state index is 12.8. The van der Waals surface area contributed by atoms with Crippen molar-refractivity contribution in [1.82, 2.24) is 10.2 Å². The second-order valence-electron chi connectivity index (χ2n) is 6.15. The van der Waals surface area contributed by atoms with E-state index in [0.717, 1.165) is 38.9 Å². The maximum Gasteiger partial charge on any atom is 0.262 e. The van der Waals surface area contributed by atoms with Gasteiger partial charge in [0.2, 0.25) is 0 Å². The van der Waals surface area contributed by atoms with Gasteiger partial charge in [0.15, 0.2) is 12.4 Å². The largest absolute Gasteiger partial charge is 0.481 e. The lowest BCUT2D eigenvalue weighted by atomic mass is 9.93. The van der Waals surface area contributed by atoms with Crippen molar-refractivity contribution in [1.29, 1.82) is 0 Å². The molecule has 0 aromatic heterocycles. The number of rotatable bonds is 4. The highest BCUT2D eigenvalue weighted by molar-refractivity contribution is 6.03. The molecule has 0 saturated carbocycles. The molecule has 0 spiro atoms. The van der Waals surface area contributed by atoms with Gasteiger partial charge < -0.3 is 20.3 Å². The van der Waals surface area contributed by atoms with Crippen molar-refractivity contribution in [3.8, 4) is 5.75 Å². The number of ether oxygens (including phenoxy) is 1. The van der Waals surface area contributed by atoms with Crippen LogP contribution in [0.1, 0.15) is 29.6 Å². The first-order valence-electron chi connectivity index (χ1n) is 8.18. The molecule has 2 heterocycles. The van der Waals surface area contributed by atoms with Gasteiger partial charge in [0.1, 0.15) is 0 Å². The number of fused-ring (bicyclic) bond motifs is 1. The normalized spacial score (nSPS) is 18.1. The van der Waals surface area contributed by atoms with Crippen LogP contribution in [0.5, 0.6) is 5.75 Å². The molecule has 2 amide bonds. The lowest BCUT2D eigenvalue weighted by Crippen LogP contribution is -2.39. The van der Waals surface area contributed by atoms with Gasteiger partial charge in [0, 0.05) is 13.1 Å². The third-order valence-corrected chi connectivity index (χ3v) is 4.57. The number of carbonyl (C=O) groups excluding carboxylic acids is 2. The topological polar surface area (TPSA) is 70.7 Å². The Labute approximate surface area is 136 Å². The predicted octanol–water partition coefficient (Wildman–Crippen LogP) is 1.48. The highest BCUT2D eigenvalue weighted by Crippen LogP contribution is 2.33. The number of anilines is 1. The Kier molecular flexibility index (Phi) is 4.81. The van der Waals surface area contributed by atoms with Crippen molar-refractivity contribution in [2.75, 3.05) is 38.6 Å². The summed E-state index contributed by atoms with van der Waals surface area (Å²) in [5.41, 5.74) is 1.12. The Morgan fingerprint density at radius 3 is 2.91 bits per heavy atom. The molecule has 6 nitrogen and oxygen atoms in total. The predicted molar refractivity (Wildman–Crippen MR) is 87.7 cm³/mol. The molecule has 124 valence electrons. The summed E-state index contributed by atoms with van der Waals surface area (Å²) >= 11 is 0. The number of benzene rings is 1. The monoisotopic (exact) mass is 317 g/mol. The van der Waals surface area contributed by atoms with Crippen LogP contribution in [0.25, 0.3) is 0 Å². The van der Waals surface area contributed by atoms with E-state index in [2.05, 4.69) is 10.6 Å². The van der Waals surface area contributed by atoms with Crippen molar-refractivity contribution in [2.24, 2.45) is 5.92 Å². The van der Waals surface area contributed by atoms with Crippen LogP contribution >= 0.6 is 0 Å². The van der Waals surface area contributed by atoms with Crippen LogP contribution in [0, 0.1) is 5.92 Å². The van der Waals surface area contributed by atoms with Gasteiger partial charge in [-0.05, 0) is 50.9 Å². The summed E-state index contributed by atoms with van der Waals surface area (Å²) in [6.45, 7) is 2.55. The number of carbonyl (C=O) groups is 2. The molecule has 2 aliphatic heterocycles. The molecule has 1 saturated heterocycles. The van der Waals surface area contributed by atoms with E-state index < -0.39 is 0 Å². The Bertz CT molecular complexity index is 595. The second-order valence-corrected chi connectivity index (χ2v) is 6.15. The van der Waals surface area contributed by atoms with Crippen LogP contribution in [-0.2, 0) is 4.79 Å². The quantitative estimate of drug-likeness (QED) is 0.882. The van der Waals surface area contributed by atoms with Crippen LogP contribution in [0.15, 0.2) is 18.2 Å². The summed E-state index contributed by atoms with van der Waals surface area (Å²) in [5.74, 6) is 0.985. The molecule has 0 aliphatic carbocycles. The molecular weight excluding hydrogens is 294 g/mol. The van der Waals surface area contributed by atoms with Gasteiger partial charge in [-0.25, -0.2) is 0 Å². The van der Waals surface area contributed by atoms with Crippen molar-refractivity contribution >= 4 is 17.5 Å². The third-order valence-electron chi connectivity index (χ3n) is 4.57. The van der Waals surface area contributed by atoms with E-state index in [9.17, 15) is 9.59 Å². The molecule has 23 heavy (non-hydrogen) atoms. The minimum absolute atomic E-state index is 0.00920. The number of piperidine rings is 1. The zero-order valence-corrected chi connectivity index (χ0v) is 13.4. The Hall–Kier alpha value is -2.08. The van der Waals surface area contributed by atoms with Crippen LogP contribution in [0.4, 0.5) is 5.69 Å². The Morgan fingerprint density at radius 2 is 2.17 bits per heavy atom. The van der Waals surface area contributed by atoms with Crippen LogP contribution < -0.4 is 15.4 Å². The van der Waals surface area contributed by atoms with E-state index in [1.165, 1.54) is 0 Å². The molecule has 0 unspecified atom stereocenters. The molecular formula is C17H23N3O3. The lowest BCUT2D eigenvalue weighted by molar-refractivity contribution is -0.118. The first-order valence-corrected chi connectivity index (χ1v) is 8.18. The molecule has 0 atom stereocenters. The highest BCUT2D eigenvalue weighted by atomic mass is 16.5. The van der Waals surface area contributed by atoms with Gasteiger partial charge in [-0.3, -0.25) is 9.59 Å². The summed E-state index contributed by atoms with van der Waals surface area (Å²) in [5, 5.41) is 5.93. The first kappa shape index (κ1) is 15.8. The van der Waals surface area contributed by atoms with Gasteiger partial charge in [-0.1, -0.05) is 6.07 Å². The van der Waals surface area contributed by atoms with Crippen molar-refractivity contribution in [2.45, 2.75) is 19.3 Å². The van der Waals surface area contributed by atoms with Gasteiger partial charge in [0.05, 0.1) is 11.3 Å². The fourth-order valence-electron chi connectivity index (χ4n) is 3.23. The molecule has 6 heteroatoms. The Balaban J connectivity index is 1.68. The molecule has 0 bridgehead atoms. The first-order chi connectivity index (χ1) is 11.2. The van der Waals surface area contributed by atoms with Crippen LogP contribution in [0.3, 0.4) is 0 Å². The summed E-state index contributed by atoms with van der Waals surface area (Å²) in [6, 6.07) is 5.31. The van der Waals surface area contributed by atoms with Crippen LogP contribution in [0.2, 0.25) is 0 Å². The Morgan fingerprint density at radius 1 is 1.39 bits per heavy atom. The van der Waals surface area contributed by atoms with E-state index in [-0.39, 0.29) is 18.4 Å². The number of likely N-dealkylation sites (tertiary alicyclic amines) is 1. The minimum Gasteiger partial charge on any atom is -0.481 e. The molecule has 3 rings (SSSR count). The van der Waals surface area contributed by atoms with Gasteiger partial charge in [0.25, 0.3) is 11.8 Å². The molecule has 0 radical (unpaired) electrons. The smallest absolute Gasteiger partial charge is 0.262 e. The fourth-order valence-corrected chi connectivity index (χ4v) is 3.23. The van der Waals surface area contributed by atoms with E-state index in [1.807, 2.05) is 11.9 Å². The lowest BCUT2D eigenvalue weighted by Gasteiger charge is -2.33. The number of amides is 2. The summed E-state index contributed by atoms with van der Waals surface area (Å²) in [6.07, 6.45) is 3.24. The maximum atomic E-state index is 12.8. The van der Waals surface area contributed by atoms with Crippen molar-refractivity contribution in [3.05, 3.63) is 23.8 Å². The molecule has 1 fully saturated rings. The number of nitrogens with zero attached hydrogens (tertiary/aromatic N) is 1. The number of para-hydroxylation sites is 1. The molecule has 1 aromatic carbocycles. The molecule has 2 N–H and O–H groups in total. The van der Waals surface area contributed by atoms with Gasteiger partial charge in [-0.2, -0.15) is 0 Å². The summed E-state index contributed by atoms with van der Waals surface area (Å²) in [7, 11) is 1.97. The zero-order valence-electron chi connectivity index (χ0n) is 13.4. The second kappa shape index (κ2) is 7.00. The zero-order chi connectivity index (χ0) is 16.2. The highest BCUT2D eigenvalue weighted by Gasteiger charge is 2.28. The van der Waals surface area contributed by atoms with Gasteiger partial charge in [-0.15, -0.1) is 0 Å². The summed E-state index contributed by atoms with van der Waals surface area (Å²) < 4.78 is 5.49. The van der Waals surface area contributed by atoms with E-state index in [4.69, 9.17) is 4.74 Å². The average molecular weight is 317 g/mol.